The second-order valence-corrected chi connectivity index (χ2v) is 4.54. The van der Waals surface area contributed by atoms with Crippen LogP contribution in [0.3, 0.4) is 0 Å². The van der Waals surface area contributed by atoms with E-state index in [1.54, 1.807) is 26.4 Å². The average Bonchev–Trinajstić information content (AvgIpc) is 2.64. The van der Waals surface area contributed by atoms with Crippen LogP contribution in [0.2, 0.25) is 0 Å². The molecule has 7 heteroatoms. The molecule has 2 rings (SSSR count). The number of benzene rings is 1. The maximum atomic E-state index is 8.93. The molecule has 0 atom stereocenters. The molecule has 0 N–H and O–H groups in total. The van der Waals surface area contributed by atoms with Gasteiger partial charge in [-0.1, -0.05) is 11.2 Å². The van der Waals surface area contributed by atoms with Crippen molar-refractivity contribution in [3.05, 3.63) is 52.8 Å². The van der Waals surface area contributed by atoms with Gasteiger partial charge in [-0.15, -0.1) is 0 Å². The van der Waals surface area contributed by atoms with E-state index in [1.165, 1.54) is 18.3 Å². The van der Waals surface area contributed by atoms with Gasteiger partial charge in [0.15, 0.2) is 0 Å². The minimum absolute atomic E-state index is 0.132. The number of nitrogens with zero attached hydrogens (tertiary/aromatic N) is 4. The van der Waals surface area contributed by atoms with Gasteiger partial charge in [0.05, 0.1) is 43.3 Å². The summed E-state index contributed by atoms with van der Waals surface area (Å²) in [5.41, 5.74) is 1.55. The minimum Gasteiger partial charge on any atom is -0.496 e. The van der Waals surface area contributed by atoms with Gasteiger partial charge in [0, 0.05) is 0 Å². The lowest BCUT2D eigenvalue weighted by molar-refractivity contribution is 0.127. The highest BCUT2D eigenvalue weighted by atomic mass is 16.6. The number of nitriles is 2. The van der Waals surface area contributed by atoms with Crippen molar-refractivity contribution in [3.63, 3.8) is 0 Å². The Kier molecular flexibility index (Phi) is 5.71. The fraction of sp³-hybridized carbons (Fsp3) is 0.176. The standard InChI is InChI=1S/C17H14N4O3/c1-22-16-4-3-5-17(23-2)15(16)11-24-20-10-14-7-12(8-18)6-13(9-19)21-14/h3-7,10H,11H2,1-2H3. The normalized spacial score (nSPS) is 10.0. The zero-order valence-corrected chi connectivity index (χ0v) is 13.2. The molecule has 0 amide bonds. The summed E-state index contributed by atoms with van der Waals surface area (Å²) in [5.74, 6) is 1.25. The van der Waals surface area contributed by atoms with Gasteiger partial charge < -0.3 is 14.3 Å². The summed E-state index contributed by atoms with van der Waals surface area (Å²) in [4.78, 5) is 9.28. The van der Waals surface area contributed by atoms with E-state index in [4.69, 9.17) is 24.8 Å². The molecule has 0 spiro atoms. The molecule has 0 aliphatic carbocycles. The Bertz CT molecular complexity index is 780. The molecule has 24 heavy (non-hydrogen) atoms. The fourth-order valence-electron chi connectivity index (χ4n) is 2.00. The highest BCUT2D eigenvalue weighted by molar-refractivity contribution is 5.77. The summed E-state index contributed by atoms with van der Waals surface area (Å²) >= 11 is 0. The van der Waals surface area contributed by atoms with E-state index in [0.29, 0.717) is 22.8 Å². The lowest BCUT2D eigenvalue weighted by Gasteiger charge is -2.11. The Morgan fingerprint density at radius 3 is 2.42 bits per heavy atom. The molecular formula is C17H14N4O3. The zero-order valence-electron chi connectivity index (χ0n) is 13.2. The van der Waals surface area contributed by atoms with Crippen molar-refractivity contribution in [2.24, 2.45) is 5.16 Å². The molecule has 0 aliphatic heterocycles. The van der Waals surface area contributed by atoms with Crippen LogP contribution in [0.4, 0.5) is 0 Å². The largest absolute Gasteiger partial charge is 0.496 e. The van der Waals surface area contributed by atoms with Gasteiger partial charge in [-0.3, -0.25) is 0 Å². The Morgan fingerprint density at radius 1 is 1.12 bits per heavy atom. The summed E-state index contributed by atoms with van der Waals surface area (Å²) in [6.07, 6.45) is 1.34. The van der Waals surface area contributed by atoms with Crippen molar-refractivity contribution in [1.29, 1.82) is 10.5 Å². The van der Waals surface area contributed by atoms with Gasteiger partial charge in [-0.25, -0.2) is 4.98 Å². The van der Waals surface area contributed by atoms with E-state index in [1.807, 2.05) is 18.2 Å². The van der Waals surface area contributed by atoms with Crippen LogP contribution < -0.4 is 9.47 Å². The number of oxime groups is 1. The van der Waals surface area contributed by atoms with E-state index >= 15 is 0 Å². The average molecular weight is 322 g/mol. The second-order valence-electron chi connectivity index (χ2n) is 4.54. The van der Waals surface area contributed by atoms with E-state index < -0.39 is 0 Å². The number of rotatable bonds is 6. The molecule has 0 saturated heterocycles. The number of ether oxygens (including phenoxy) is 2. The maximum Gasteiger partial charge on any atom is 0.149 e. The first-order valence-corrected chi connectivity index (χ1v) is 6.89. The topological polar surface area (TPSA) is 101 Å². The number of pyridine rings is 1. The molecular weight excluding hydrogens is 308 g/mol. The quantitative estimate of drug-likeness (QED) is 0.598. The van der Waals surface area contributed by atoms with Gasteiger partial charge in [0.25, 0.3) is 0 Å². The molecule has 0 radical (unpaired) electrons. The minimum atomic E-state index is 0.132. The zero-order chi connectivity index (χ0) is 17.4. The number of methoxy groups -OCH3 is 2. The van der Waals surface area contributed by atoms with Crippen molar-refractivity contribution in [2.75, 3.05) is 14.2 Å². The Morgan fingerprint density at radius 2 is 1.83 bits per heavy atom. The van der Waals surface area contributed by atoms with E-state index in [9.17, 15) is 0 Å². The highest BCUT2D eigenvalue weighted by Crippen LogP contribution is 2.28. The number of hydrogen-bond acceptors (Lipinski definition) is 7. The van der Waals surface area contributed by atoms with Gasteiger partial charge in [-0.2, -0.15) is 10.5 Å². The predicted octanol–water partition coefficient (Wildman–Crippen LogP) is 2.39. The smallest absolute Gasteiger partial charge is 0.149 e. The summed E-state index contributed by atoms with van der Waals surface area (Å²) < 4.78 is 10.5. The molecule has 120 valence electrons. The van der Waals surface area contributed by atoms with Gasteiger partial charge in [-0.05, 0) is 24.3 Å². The SMILES string of the molecule is COc1cccc(OC)c1CON=Cc1cc(C#N)cc(C#N)n1. The molecule has 0 aliphatic rings. The maximum absolute atomic E-state index is 8.93. The lowest BCUT2D eigenvalue weighted by atomic mass is 10.2. The predicted molar refractivity (Wildman–Crippen MR) is 85.6 cm³/mol. The Hall–Kier alpha value is -3.58. The third-order valence-electron chi connectivity index (χ3n) is 3.09. The Balaban J connectivity index is 2.12. The van der Waals surface area contributed by atoms with Crippen molar-refractivity contribution < 1.29 is 14.3 Å². The highest BCUT2D eigenvalue weighted by Gasteiger charge is 2.10. The van der Waals surface area contributed by atoms with Crippen LogP contribution >= 0.6 is 0 Å². The first-order valence-electron chi connectivity index (χ1n) is 6.89. The number of aromatic nitrogens is 1. The van der Waals surface area contributed by atoms with E-state index in [2.05, 4.69) is 10.1 Å². The third kappa shape index (κ3) is 3.99. The summed E-state index contributed by atoms with van der Waals surface area (Å²) in [7, 11) is 3.12. The molecule has 0 saturated carbocycles. The first kappa shape index (κ1) is 16.8. The molecule has 0 bridgehead atoms. The van der Waals surface area contributed by atoms with Crippen molar-refractivity contribution in [2.45, 2.75) is 6.61 Å². The Labute approximate surface area is 139 Å². The third-order valence-corrected chi connectivity index (χ3v) is 3.09. The molecule has 1 heterocycles. The lowest BCUT2D eigenvalue weighted by Crippen LogP contribution is -1.98. The molecule has 7 nitrogen and oxygen atoms in total. The molecule has 2 aromatic rings. The van der Waals surface area contributed by atoms with Gasteiger partial charge in [0.1, 0.15) is 29.9 Å². The van der Waals surface area contributed by atoms with Crippen LogP contribution in [0.25, 0.3) is 0 Å². The monoisotopic (exact) mass is 322 g/mol. The number of hydrogen-bond donors (Lipinski definition) is 0. The van der Waals surface area contributed by atoms with Crippen molar-refractivity contribution in [1.82, 2.24) is 4.98 Å². The van der Waals surface area contributed by atoms with Gasteiger partial charge >= 0.3 is 0 Å². The second kappa shape index (κ2) is 8.16. The van der Waals surface area contributed by atoms with Crippen LogP contribution in [0.5, 0.6) is 11.5 Å². The van der Waals surface area contributed by atoms with Crippen LogP contribution in [0.1, 0.15) is 22.5 Å². The summed E-state index contributed by atoms with van der Waals surface area (Å²) in [5, 5.41) is 21.6. The van der Waals surface area contributed by atoms with E-state index in [-0.39, 0.29) is 12.3 Å². The molecule has 0 fully saturated rings. The van der Waals surface area contributed by atoms with Crippen molar-refractivity contribution in [3.8, 4) is 23.6 Å². The first-order chi connectivity index (χ1) is 11.7. The van der Waals surface area contributed by atoms with Gasteiger partial charge in [0.2, 0.25) is 0 Å². The van der Waals surface area contributed by atoms with E-state index in [0.717, 1.165) is 5.56 Å². The van der Waals surface area contributed by atoms with Crippen LogP contribution in [-0.4, -0.2) is 25.4 Å². The van der Waals surface area contributed by atoms with Crippen LogP contribution in [0.15, 0.2) is 35.5 Å². The summed E-state index contributed by atoms with van der Waals surface area (Å²) in [6.45, 7) is 0.132. The molecule has 1 aromatic heterocycles. The fourth-order valence-corrected chi connectivity index (χ4v) is 2.00. The van der Waals surface area contributed by atoms with Crippen molar-refractivity contribution >= 4 is 6.21 Å². The summed E-state index contributed by atoms with van der Waals surface area (Å²) in [6, 6.07) is 12.2. The van der Waals surface area contributed by atoms with Crippen LogP contribution in [0, 0.1) is 22.7 Å². The van der Waals surface area contributed by atoms with Crippen LogP contribution in [-0.2, 0) is 11.4 Å². The molecule has 0 unspecified atom stereocenters. The molecule has 1 aromatic carbocycles.